The summed E-state index contributed by atoms with van der Waals surface area (Å²) in [6.45, 7) is -0.240. The predicted octanol–water partition coefficient (Wildman–Crippen LogP) is 5.87. The largest absolute Gasteiger partial charge is 0.489 e. The third kappa shape index (κ3) is 6.26. The minimum Gasteiger partial charge on any atom is -0.489 e. The number of thioether (sulfide) groups is 1. The molecule has 0 saturated carbocycles. The zero-order valence-electron chi connectivity index (χ0n) is 18.0. The van der Waals surface area contributed by atoms with Gasteiger partial charge in [-0.15, -0.1) is 0 Å². The molecule has 1 heterocycles. The number of anilines is 1. The number of ether oxygens (including phenoxy) is 1. The van der Waals surface area contributed by atoms with Gasteiger partial charge in [-0.3, -0.25) is 19.3 Å². The zero-order valence-corrected chi connectivity index (χ0v) is 19.5. The fourth-order valence-corrected chi connectivity index (χ4v) is 4.08. The van der Waals surface area contributed by atoms with Crippen molar-refractivity contribution < 1.29 is 27.9 Å². The second-order valence-electron chi connectivity index (χ2n) is 7.42. The van der Waals surface area contributed by atoms with E-state index >= 15 is 0 Å². The van der Waals surface area contributed by atoms with E-state index in [1.807, 2.05) is 12.1 Å². The number of benzene rings is 3. The van der Waals surface area contributed by atoms with Gasteiger partial charge in [0.1, 0.15) is 30.5 Å². The van der Waals surface area contributed by atoms with Gasteiger partial charge in [-0.05, 0) is 65.4 Å². The molecule has 0 unspecified atom stereocenters. The van der Waals surface area contributed by atoms with Crippen molar-refractivity contribution in [3.8, 4) is 5.75 Å². The number of amides is 3. The van der Waals surface area contributed by atoms with Crippen LogP contribution in [0.1, 0.15) is 11.1 Å². The Labute approximate surface area is 208 Å². The Morgan fingerprint density at radius 3 is 2.43 bits per heavy atom. The third-order valence-corrected chi connectivity index (χ3v) is 6.04. The summed E-state index contributed by atoms with van der Waals surface area (Å²) in [5.41, 5.74) is 1.36. The van der Waals surface area contributed by atoms with E-state index in [-0.39, 0.29) is 10.6 Å². The van der Waals surface area contributed by atoms with Crippen LogP contribution in [0, 0.1) is 11.6 Å². The lowest BCUT2D eigenvalue weighted by Crippen LogP contribution is -2.36. The summed E-state index contributed by atoms with van der Waals surface area (Å²) in [6.07, 6.45) is 1.53. The molecule has 0 spiro atoms. The molecule has 4 rings (SSSR count). The van der Waals surface area contributed by atoms with Gasteiger partial charge in [0.15, 0.2) is 0 Å². The number of hydrogen-bond donors (Lipinski definition) is 1. The van der Waals surface area contributed by atoms with E-state index in [1.165, 1.54) is 6.08 Å². The van der Waals surface area contributed by atoms with Gasteiger partial charge in [-0.2, -0.15) is 0 Å². The highest BCUT2D eigenvalue weighted by Crippen LogP contribution is 2.32. The number of rotatable bonds is 7. The molecular weight excluding hydrogens is 498 g/mol. The Morgan fingerprint density at radius 2 is 1.74 bits per heavy atom. The zero-order chi connectivity index (χ0) is 24.9. The average molecular weight is 515 g/mol. The standard InChI is InChI=1S/C25H17ClF2N2O4S/c26-17-5-1-16(2-6-17)14-34-19-8-3-15(4-9-19)11-22-24(32)30(25(33)35-22)13-23(31)29-21-10-7-18(27)12-20(21)28/h1-12H,13-14H2,(H,29,31)/b22-11+. The second-order valence-corrected chi connectivity index (χ2v) is 8.85. The first-order chi connectivity index (χ1) is 16.8. The lowest BCUT2D eigenvalue weighted by Gasteiger charge is -2.12. The maximum Gasteiger partial charge on any atom is 0.294 e. The van der Waals surface area contributed by atoms with Crippen LogP contribution >= 0.6 is 23.4 Å². The maximum atomic E-state index is 13.7. The van der Waals surface area contributed by atoms with E-state index in [1.54, 1.807) is 36.4 Å². The van der Waals surface area contributed by atoms with E-state index < -0.39 is 35.2 Å². The minimum absolute atomic E-state index is 0.144. The summed E-state index contributed by atoms with van der Waals surface area (Å²) in [5, 5.41) is 2.24. The first kappa shape index (κ1) is 24.4. The number of imide groups is 1. The molecule has 1 saturated heterocycles. The van der Waals surface area contributed by atoms with Gasteiger partial charge in [-0.25, -0.2) is 8.78 Å². The molecule has 3 aromatic carbocycles. The van der Waals surface area contributed by atoms with Crippen LogP contribution in [-0.2, 0) is 16.2 Å². The van der Waals surface area contributed by atoms with Crippen LogP contribution in [-0.4, -0.2) is 28.5 Å². The number of carbonyl (C=O) groups is 3. The van der Waals surface area contributed by atoms with Crippen molar-refractivity contribution >= 4 is 52.2 Å². The van der Waals surface area contributed by atoms with Crippen molar-refractivity contribution in [3.63, 3.8) is 0 Å². The molecule has 178 valence electrons. The Kier molecular flexibility index (Phi) is 7.48. The van der Waals surface area contributed by atoms with E-state index in [4.69, 9.17) is 16.3 Å². The number of hydrogen-bond acceptors (Lipinski definition) is 5. The van der Waals surface area contributed by atoms with Gasteiger partial charge in [0.25, 0.3) is 11.1 Å². The van der Waals surface area contributed by atoms with Crippen molar-refractivity contribution in [1.29, 1.82) is 0 Å². The molecule has 1 aliphatic rings. The lowest BCUT2D eigenvalue weighted by atomic mass is 10.2. The van der Waals surface area contributed by atoms with Crippen molar-refractivity contribution in [2.75, 3.05) is 11.9 Å². The average Bonchev–Trinajstić information content (AvgIpc) is 3.08. The first-order valence-electron chi connectivity index (χ1n) is 10.3. The summed E-state index contributed by atoms with van der Waals surface area (Å²) >= 11 is 6.57. The highest BCUT2D eigenvalue weighted by atomic mass is 35.5. The minimum atomic E-state index is -0.965. The van der Waals surface area contributed by atoms with Crippen LogP contribution in [0.15, 0.2) is 71.6 Å². The molecule has 0 atom stereocenters. The van der Waals surface area contributed by atoms with E-state index in [2.05, 4.69) is 5.32 Å². The smallest absolute Gasteiger partial charge is 0.294 e. The monoisotopic (exact) mass is 514 g/mol. The number of nitrogens with zero attached hydrogens (tertiary/aromatic N) is 1. The Bertz CT molecular complexity index is 1310. The fraction of sp³-hybridized carbons (Fsp3) is 0.0800. The quantitative estimate of drug-likeness (QED) is 0.399. The van der Waals surface area contributed by atoms with Crippen molar-refractivity contribution in [3.05, 3.63) is 99.4 Å². The molecule has 0 radical (unpaired) electrons. The highest BCUT2D eigenvalue weighted by molar-refractivity contribution is 8.18. The topological polar surface area (TPSA) is 75.7 Å². The molecule has 1 fully saturated rings. The molecule has 1 aliphatic heterocycles. The second kappa shape index (κ2) is 10.7. The van der Waals surface area contributed by atoms with Crippen LogP contribution in [0.3, 0.4) is 0 Å². The van der Waals surface area contributed by atoms with Crippen LogP contribution in [0.5, 0.6) is 5.75 Å². The van der Waals surface area contributed by atoms with Gasteiger partial charge in [0, 0.05) is 11.1 Å². The van der Waals surface area contributed by atoms with Crippen LogP contribution in [0.4, 0.5) is 19.3 Å². The van der Waals surface area contributed by atoms with Gasteiger partial charge < -0.3 is 10.1 Å². The maximum absolute atomic E-state index is 13.7. The van der Waals surface area contributed by atoms with Crippen molar-refractivity contribution in [2.45, 2.75) is 6.61 Å². The summed E-state index contributed by atoms with van der Waals surface area (Å²) in [6, 6.07) is 16.9. The third-order valence-electron chi connectivity index (χ3n) is 4.88. The molecule has 0 aromatic heterocycles. The highest BCUT2D eigenvalue weighted by Gasteiger charge is 2.36. The fourth-order valence-electron chi connectivity index (χ4n) is 3.12. The normalized spacial score (nSPS) is 14.5. The molecule has 35 heavy (non-hydrogen) atoms. The summed E-state index contributed by atoms with van der Waals surface area (Å²) in [7, 11) is 0. The number of carbonyl (C=O) groups excluding carboxylic acids is 3. The van der Waals surface area contributed by atoms with Crippen LogP contribution in [0.25, 0.3) is 6.08 Å². The molecule has 3 aromatic rings. The number of nitrogens with one attached hydrogen (secondary N) is 1. The SMILES string of the molecule is O=C(CN1C(=O)S/C(=C/c2ccc(OCc3ccc(Cl)cc3)cc2)C1=O)Nc1ccc(F)cc1F. The summed E-state index contributed by atoms with van der Waals surface area (Å²) in [4.78, 5) is 38.0. The Balaban J connectivity index is 1.36. The van der Waals surface area contributed by atoms with Crippen molar-refractivity contribution in [2.24, 2.45) is 0 Å². The van der Waals surface area contributed by atoms with E-state index in [0.29, 0.717) is 40.8 Å². The van der Waals surface area contributed by atoms with E-state index in [0.717, 1.165) is 22.6 Å². The van der Waals surface area contributed by atoms with Crippen LogP contribution < -0.4 is 10.1 Å². The van der Waals surface area contributed by atoms with Gasteiger partial charge in [-0.1, -0.05) is 35.9 Å². The molecular formula is C25H17ClF2N2O4S. The summed E-state index contributed by atoms with van der Waals surface area (Å²) < 4.78 is 32.5. The van der Waals surface area contributed by atoms with Gasteiger partial charge in [0.05, 0.1) is 10.6 Å². The molecule has 10 heteroatoms. The van der Waals surface area contributed by atoms with Gasteiger partial charge in [0.2, 0.25) is 5.91 Å². The first-order valence-corrected chi connectivity index (χ1v) is 11.5. The molecule has 3 amide bonds. The lowest BCUT2D eigenvalue weighted by molar-refractivity contribution is -0.127. The Morgan fingerprint density at radius 1 is 1.03 bits per heavy atom. The summed E-state index contributed by atoms with van der Waals surface area (Å²) in [5.74, 6) is -2.57. The van der Waals surface area contributed by atoms with Gasteiger partial charge >= 0.3 is 0 Å². The Hall–Kier alpha value is -3.69. The van der Waals surface area contributed by atoms with Crippen LogP contribution in [0.2, 0.25) is 5.02 Å². The number of halogens is 3. The van der Waals surface area contributed by atoms with E-state index in [9.17, 15) is 23.2 Å². The van der Waals surface area contributed by atoms with Crippen molar-refractivity contribution in [1.82, 2.24) is 4.90 Å². The molecule has 0 aliphatic carbocycles. The molecule has 0 bridgehead atoms. The molecule has 6 nitrogen and oxygen atoms in total. The molecule has 1 N–H and O–H groups in total. The predicted molar refractivity (Wildman–Crippen MR) is 130 cm³/mol.